The van der Waals surface area contributed by atoms with E-state index in [1.807, 2.05) is 18.2 Å². The maximum absolute atomic E-state index is 11.8. The van der Waals surface area contributed by atoms with Gasteiger partial charge in [-0.2, -0.15) is 0 Å². The Morgan fingerprint density at radius 3 is 2.75 bits per heavy atom. The number of rotatable bonds is 6. The maximum atomic E-state index is 11.8. The van der Waals surface area contributed by atoms with Crippen LogP contribution in [0.1, 0.15) is 18.4 Å². The number of β-lactam (4-membered cyclic amide) rings is 1. The van der Waals surface area contributed by atoms with Gasteiger partial charge < -0.3 is 24.8 Å². The molecule has 3 rings (SSSR count). The van der Waals surface area contributed by atoms with Gasteiger partial charge in [-0.3, -0.25) is 4.79 Å². The standard InChI is InChI=1S/C16H18N2O6/c19-13-7-14-18(13)8-11(24-14)6-12(15(20)21)17-16(22)23-9-10-4-2-1-3-5-10/h1-5,11-12,14H,6-9H2,(H,17,22)(H,20,21)/t11?,12-,14?/m0/s1. The number of fused-ring (bicyclic) bond motifs is 1. The highest BCUT2D eigenvalue weighted by atomic mass is 16.5. The Bertz CT molecular complexity index is 635. The van der Waals surface area contributed by atoms with Crippen molar-refractivity contribution in [2.75, 3.05) is 6.54 Å². The molecule has 2 unspecified atom stereocenters. The van der Waals surface area contributed by atoms with Gasteiger partial charge in [0.2, 0.25) is 5.91 Å². The summed E-state index contributed by atoms with van der Waals surface area (Å²) in [5.74, 6) is -1.17. The number of ether oxygens (including phenoxy) is 2. The zero-order chi connectivity index (χ0) is 17.1. The second kappa shape index (κ2) is 6.88. The van der Waals surface area contributed by atoms with E-state index in [0.717, 1.165) is 5.56 Å². The molecule has 24 heavy (non-hydrogen) atoms. The molecule has 2 aliphatic heterocycles. The van der Waals surface area contributed by atoms with Crippen molar-refractivity contribution in [2.45, 2.75) is 37.8 Å². The number of hydrogen-bond donors (Lipinski definition) is 2. The molecule has 128 valence electrons. The summed E-state index contributed by atoms with van der Waals surface area (Å²) in [5, 5.41) is 11.6. The predicted octanol–water partition coefficient (Wildman–Crippen LogP) is 0.713. The van der Waals surface area contributed by atoms with E-state index in [2.05, 4.69) is 5.32 Å². The van der Waals surface area contributed by atoms with Crippen LogP contribution in [-0.2, 0) is 25.7 Å². The number of aliphatic carboxylic acids is 1. The van der Waals surface area contributed by atoms with E-state index in [1.165, 1.54) is 0 Å². The summed E-state index contributed by atoms with van der Waals surface area (Å²) < 4.78 is 10.6. The maximum Gasteiger partial charge on any atom is 0.408 e. The summed E-state index contributed by atoms with van der Waals surface area (Å²) in [5.41, 5.74) is 0.807. The molecule has 0 saturated carbocycles. The summed E-state index contributed by atoms with van der Waals surface area (Å²) >= 11 is 0. The first-order valence-corrected chi connectivity index (χ1v) is 7.68. The Morgan fingerprint density at radius 1 is 1.38 bits per heavy atom. The van der Waals surface area contributed by atoms with Crippen molar-refractivity contribution in [1.29, 1.82) is 0 Å². The summed E-state index contributed by atoms with van der Waals surface area (Å²) in [6.07, 6.45) is -1.04. The van der Waals surface area contributed by atoms with Gasteiger partial charge in [0.25, 0.3) is 0 Å². The normalized spacial score (nSPS) is 23.2. The molecule has 0 bridgehead atoms. The highest BCUT2D eigenvalue weighted by Crippen LogP contribution is 2.30. The zero-order valence-electron chi connectivity index (χ0n) is 12.9. The molecule has 2 amide bonds. The molecule has 3 atom stereocenters. The molecule has 0 aliphatic carbocycles. The first-order valence-electron chi connectivity index (χ1n) is 7.68. The summed E-state index contributed by atoms with van der Waals surface area (Å²) in [7, 11) is 0. The lowest BCUT2D eigenvalue weighted by atomic mass is 10.1. The number of amides is 2. The van der Waals surface area contributed by atoms with Crippen LogP contribution in [0, 0.1) is 0 Å². The quantitative estimate of drug-likeness (QED) is 0.743. The van der Waals surface area contributed by atoms with Crippen molar-refractivity contribution in [3.05, 3.63) is 35.9 Å². The van der Waals surface area contributed by atoms with E-state index >= 15 is 0 Å². The minimum Gasteiger partial charge on any atom is -0.480 e. The molecule has 2 N–H and O–H groups in total. The number of hydrogen-bond acceptors (Lipinski definition) is 5. The smallest absolute Gasteiger partial charge is 0.408 e. The summed E-state index contributed by atoms with van der Waals surface area (Å²) in [6, 6.07) is 7.95. The van der Waals surface area contributed by atoms with Gasteiger partial charge >= 0.3 is 12.1 Å². The molecule has 2 heterocycles. The summed E-state index contributed by atoms with van der Waals surface area (Å²) in [4.78, 5) is 36.0. The Kier molecular flexibility index (Phi) is 4.66. The van der Waals surface area contributed by atoms with E-state index in [4.69, 9.17) is 9.47 Å². The molecule has 8 nitrogen and oxygen atoms in total. The molecular formula is C16H18N2O6. The molecule has 1 aromatic rings. The van der Waals surface area contributed by atoms with Crippen LogP contribution in [0.2, 0.25) is 0 Å². The third-order valence-electron chi connectivity index (χ3n) is 4.07. The van der Waals surface area contributed by atoms with Crippen molar-refractivity contribution >= 4 is 18.0 Å². The number of carbonyl (C=O) groups is 3. The molecule has 1 aromatic carbocycles. The van der Waals surface area contributed by atoms with Crippen LogP contribution >= 0.6 is 0 Å². The Morgan fingerprint density at radius 2 is 2.12 bits per heavy atom. The lowest BCUT2D eigenvalue weighted by Gasteiger charge is -2.31. The second-order valence-corrected chi connectivity index (χ2v) is 5.80. The van der Waals surface area contributed by atoms with Gasteiger partial charge in [0.1, 0.15) is 18.9 Å². The monoisotopic (exact) mass is 334 g/mol. The molecule has 0 spiro atoms. The zero-order valence-corrected chi connectivity index (χ0v) is 12.9. The molecule has 0 aromatic heterocycles. The number of carboxylic acids is 1. The van der Waals surface area contributed by atoms with Gasteiger partial charge in [-0.1, -0.05) is 30.3 Å². The van der Waals surface area contributed by atoms with Crippen LogP contribution in [0.25, 0.3) is 0 Å². The largest absolute Gasteiger partial charge is 0.480 e. The minimum atomic E-state index is -1.17. The van der Waals surface area contributed by atoms with E-state index in [1.54, 1.807) is 17.0 Å². The first-order chi connectivity index (χ1) is 11.5. The Balaban J connectivity index is 1.48. The number of carboxylic acid groups (broad SMARTS) is 1. The van der Waals surface area contributed by atoms with Crippen LogP contribution in [0.15, 0.2) is 30.3 Å². The third-order valence-corrected chi connectivity index (χ3v) is 4.07. The van der Waals surface area contributed by atoms with Gasteiger partial charge in [0.15, 0.2) is 0 Å². The number of carbonyl (C=O) groups excluding carboxylic acids is 2. The average molecular weight is 334 g/mol. The molecular weight excluding hydrogens is 316 g/mol. The van der Waals surface area contributed by atoms with Gasteiger partial charge in [-0.15, -0.1) is 0 Å². The lowest BCUT2D eigenvalue weighted by Crippen LogP contribution is -2.48. The fraction of sp³-hybridized carbons (Fsp3) is 0.438. The van der Waals surface area contributed by atoms with Crippen molar-refractivity contribution in [2.24, 2.45) is 0 Å². The molecule has 8 heteroatoms. The van der Waals surface area contributed by atoms with Crippen LogP contribution < -0.4 is 5.32 Å². The lowest BCUT2D eigenvalue weighted by molar-refractivity contribution is -0.157. The highest BCUT2D eigenvalue weighted by Gasteiger charge is 2.46. The van der Waals surface area contributed by atoms with E-state index < -0.39 is 24.2 Å². The Labute approximate surface area is 138 Å². The van der Waals surface area contributed by atoms with Gasteiger partial charge in [-0.05, 0) is 5.56 Å². The third kappa shape index (κ3) is 3.65. The molecule has 0 radical (unpaired) electrons. The van der Waals surface area contributed by atoms with Crippen LogP contribution in [-0.4, -0.2) is 52.9 Å². The average Bonchev–Trinajstić information content (AvgIpc) is 2.89. The molecule has 2 aliphatic rings. The SMILES string of the molecule is O=C(N[C@@H](CC1CN2C(=O)CC2O1)C(=O)O)OCc1ccccc1. The fourth-order valence-corrected chi connectivity index (χ4v) is 2.77. The summed E-state index contributed by atoms with van der Waals surface area (Å²) in [6.45, 7) is 0.414. The Hall–Kier alpha value is -2.61. The number of nitrogens with zero attached hydrogens (tertiary/aromatic N) is 1. The predicted molar refractivity (Wildman–Crippen MR) is 80.8 cm³/mol. The molecule has 2 saturated heterocycles. The van der Waals surface area contributed by atoms with Gasteiger partial charge in [-0.25, -0.2) is 9.59 Å². The van der Waals surface area contributed by atoms with Gasteiger partial charge in [0, 0.05) is 13.0 Å². The fourth-order valence-electron chi connectivity index (χ4n) is 2.77. The number of benzene rings is 1. The van der Waals surface area contributed by atoms with Crippen LogP contribution in [0.4, 0.5) is 4.79 Å². The molecule has 2 fully saturated rings. The van der Waals surface area contributed by atoms with Crippen molar-refractivity contribution in [3.63, 3.8) is 0 Å². The van der Waals surface area contributed by atoms with Crippen LogP contribution in [0.5, 0.6) is 0 Å². The van der Waals surface area contributed by atoms with Crippen molar-refractivity contribution in [1.82, 2.24) is 10.2 Å². The van der Waals surface area contributed by atoms with Crippen LogP contribution in [0.3, 0.4) is 0 Å². The topological polar surface area (TPSA) is 105 Å². The van der Waals surface area contributed by atoms with Crippen molar-refractivity contribution in [3.8, 4) is 0 Å². The minimum absolute atomic E-state index is 0.00426. The highest BCUT2D eigenvalue weighted by molar-refractivity contribution is 5.83. The second-order valence-electron chi connectivity index (χ2n) is 5.80. The van der Waals surface area contributed by atoms with E-state index in [-0.39, 0.29) is 25.2 Å². The number of nitrogens with one attached hydrogen (secondary N) is 1. The first kappa shape index (κ1) is 16.3. The number of alkyl carbamates (subject to hydrolysis) is 1. The van der Waals surface area contributed by atoms with E-state index in [9.17, 15) is 19.5 Å². The van der Waals surface area contributed by atoms with Crippen molar-refractivity contribution < 1.29 is 29.0 Å². The van der Waals surface area contributed by atoms with Gasteiger partial charge in [0.05, 0.1) is 12.5 Å². The van der Waals surface area contributed by atoms with E-state index in [0.29, 0.717) is 13.0 Å².